The number of aromatic hydroxyl groups is 1. The zero-order chi connectivity index (χ0) is 18.2. The summed E-state index contributed by atoms with van der Waals surface area (Å²) in [6, 6.07) is 11.8. The molecule has 0 aromatic heterocycles. The topological polar surface area (TPSA) is 90.8 Å². The molecule has 0 radical (unpaired) electrons. The van der Waals surface area contributed by atoms with E-state index in [9.17, 15) is 14.7 Å². The third kappa shape index (κ3) is 5.61. The van der Waals surface area contributed by atoms with Crippen LogP contribution in [0.2, 0.25) is 5.02 Å². The third-order valence-electron chi connectivity index (χ3n) is 3.45. The van der Waals surface area contributed by atoms with Crippen LogP contribution in [0.1, 0.15) is 24.0 Å². The van der Waals surface area contributed by atoms with Crippen molar-refractivity contribution in [2.24, 2.45) is 5.10 Å². The van der Waals surface area contributed by atoms with Crippen molar-refractivity contribution < 1.29 is 14.7 Å². The van der Waals surface area contributed by atoms with Gasteiger partial charge in [0.1, 0.15) is 5.75 Å². The number of hydrogen-bond acceptors (Lipinski definition) is 4. The van der Waals surface area contributed by atoms with Crippen molar-refractivity contribution in [2.75, 3.05) is 5.32 Å². The average Bonchev–Trinajstić information content (AvgIpc) is 2.59. The predicted molar refractivity (Wildman–Crippen MR) is 97.9 cm³/mol. The number of carbonyl (C=O) groups excluding carboxylic acids is 2. The first-order chi connectivity index (χ1) is 12.0. The molecule has 0 bridgehead atoms. The fourth-order valence-corrected chi connectivity index (χ4v) is 2.18. The van der Waals surface area contributed by atoms with Gasteiger partial charge in [0, 0.05) is 29.1 Å². The molecular formula is C18H18ClN3O3. The molecule has 0 spiro atoms. The lowest BCUT2D eigenvalue weighted by Crippen LogP contribution is -2.20. The van der Waals surface area contributed by atoms with E-state index in [2.05, 4.69) is 15.8 Å². The van der Waals surface area contributed by atoms with Crippen molar-refractivity contribution in [3.63, 3.8) is 0 Å². The van der Waals surface area contributed by atoms with E-state index in [1.54, 1.807) is 43.3 Å². The van der Waals surface area contributed by atoms with Crippen LogP contribution < -0.4 is 10.7 Å². The van der Waals surface area contributed by atoms with Crippen LogP contribution in [0.5, 0.6) is 5.75 Å². The summed E-state index contributed by atoms with van der Waals surface area (Å²) in [7, 11) is 0. The third-order valence-corrected chi connectivity index (χ3v) is 3.86. The molecule has 0 heterocycles. The highest BCUT2D eigenvalue weighted by molar-refractivity contribution is 6.31. The minimum absolute atomic E-state index is 0.0104. The lowest BCUT2D eigenvalue weighted by atomic mass is 10.2. The number of hydrogen-bond donors (Lipinski definition) is 3. The maximum Gasteiger partial charge on any atom is 0.240 e. The number of hydrazone groups is 1. The maximum atomic E-state index is 11.9. The van der Waals surface area contributed by atoms with E-state index in [1.807, 2.05) is 0 Å². The number of anilines is 1. The molecular weight excluding hydrogens is 342 g/mol. The second-order valence-electron chi connectivity index (χ2n) is 5.31. The van der Waals surface area contributed by atoms with E-state index in [-0.39, 0.29) is 24.5 Å². The molecule has 6 nitrogen and oxygen atoms in total. The Bertz CT molecular complexity index is 806. The van der Waals surface area contributed by atoms with Crippen LogP contribution in [0.15, 0.2) is 47.6 Å². The Kier molecular flexibility index (Phi) is 6.54. The van der Waals surface area contributed by atoms with Gasteiger partial charge in [-0.2, -0.15) is 5.10 Å². The SMILES string of the molecule is Cc1c(Cl)cccc1NC(=O)CCC(=O)NN=Cc1ccccc1O. The number of carbonyl (C=O) groups is 2. The number of rotatable bonds is 6. The highest BCUT2D eigenvalue weighted by atomic mass is 35.5. The van der Waals surface area contributed by atoms with Crippen molar-refractivity contribution in [2.45, 2.75) is 19.8 Å². The molecule has 25 heavy (non-hydrogen) atoms. The molecule has 0 saturated carbocycles. The van der Waals surface area contributed by atoms with Crippen molar-refractivity contribution >= 4 is 35.3 Å². The summed E-state index contributed by atoms with van der Waals surface area (Å²) in [6.45, 7) is 1.80. The molecule has 0 fully saturated rings. The monoisotopic (exact) mass is 359 g/mol. The van der Waals surface area contributed by atoms with Crippen molar-refractivity contribution in [3.8, 4) is 5.75 Å². The average molecular weight is 360 g/mol. The number of phenolic OH excluding ortho intramolecular Hbond substituents is 1. The fraction of sp³-hybridized carbons (Fsp3) is 0.167. The number of nitrogens with zero attached hydrogens (tertiary/aromatic N) is 1. The zero-order valence-electron chi connectivity index (χ0n) is 13.6. The molecule has 0 saturated heterocycles. The maximum absolute atomic E-state index is 11.9. The Morgan fingerprint density at radius 1 is 1.12 bits per heavy atom. The molecule has 0 aliphatic rings. The Morgan fingerprint density at radius 3 is 2.60 bits per heavy atom. The molecule has 0 aliphatic heterocycles. The second kappa shape index (κ2) is 8.84. The summed E-state index contributed by atoms with van der Waals surface area (Å²) in [4.78, 5) is 23.6. The van der Waals surface area contributed by atoms with Crippen LogP contribution in [0.4, 0.5) is 5.69 Å². The minimum Gasteiger partial charge on any atom is -0.507 e. The summed E-state index contributed by atoms with van der Waals surface area (Å²) < 4.78 is 0. The van der Waals surface area contributed by atoms with Crippen LogP contribution in [0, 0.1) is 6.92 Å². The van der Waals surface area contributed by atoms with Gasteiger partial charge in [-0.25, -0.2) is 5.43 Å². The molecule has 0 aliphatic carbocycles. The molecule has 2 rings (SSSR count). The number of halogens is 1. The van der Waals surface area contributed by atoms with Crippen LogP contribution in [-0.2, 0) is 9.59 Å². The summed E-state index contributed by atoms with van der Waals surface area (Å²) in [6.07, 6.45) is 1.34. The Balaban J connectivity index is 1.79. The van der Waals surface area contributed by atoms with E-state index < -0.39 is 5.91 Å². The molecule has 2 aromatic carbocycles. The zero-order valence-corrected chi connectivity index (χ0v) is 14.4. The quantitative estimate of drug-likeness (QED) is 0.546. The minimum atomic E-state index is -0.398. The Hall–Kier alpha value is -2.86. The van der Waals surface area contributed by atoms with Crippen LogP contribution in [-0.4, -0.2) is 23.1 Å². The molecule has 2 aromatic rings. The van der Waals surface area contributed by atoms with Gasteiger partial charge in [-0.3, -0.25) is 9.59 Å². The van der Waals surface area contributed by atoms with Crippen LogP contribution in [0.3, 0.4) is 0 Å². The summed E-state index contributed by atoms with van der Waals surface area (Å²) >= 11 is 5.99. The summed E-state index contributed by atoms with van der Waals surface area (Å²) in [5.74, 6) is -0.619. The molecule has 7 heteroatoms. The predicted octanol–water partition coefficient (Wildman–Crippen LogP) is 3.22. The second-order valence-corrected chi connectivity index (χ2v) is 5.72. The Labute approximate surface area is 150 Å². The van der Waals surface area contributed by atoms with Crippen molar-refractivity contribution in [1.29, 1.82) is 0 Å². The van der Waals surface area contributed by atoms with Crippen molar-refractivity contribution in [3.05, 3.63) is 58.6 Å². The van der Waals surface area contributed by atoms with E-state index in [0.717, 1.165) is 5.56 Å². The standard InChI is InChI=1S/C18H18ClN3O3/c1-12-14(19)6-4-7-15(12)21-17(24)9-10-18(25)22-20-11-13-5-2-3-8-16(13)23/h2-8,11,23H,9-10H2,1H3,(H,21,24)(H,22,25). The van der Waals surface area contributed by atoms with Crippen molar-refractivity contribution in [1.82, 2.24) is 5.43 Å². The summed E-state index contributed by atoms with van der Waals surface area (Å²) in [5, 5.41) is 16.6. The number of para-hydroxylation sites is 1. The largest absolute Gasteiger partial charge is 0.507 e. The first-order valence-electron chi connectivity index (χ1n) is 7.62. The van der Waals surface area contributed by atoms with Gasteiger partial charge < -0.3 is 10.4 Å². The lowest BCUT2D eigenvalue weighted by molar-refractivity contribution is -0.124. The number of benzene rings is 2. The molecule has 0 unspecified atom stereocenters. The van der Waals surface area contributed by atoms with E-state index in [0.29, 0.717) is 16.3 Å². The van der Waals surface area contributed by atoms with Gasteiger partial charge >= 0.3 is 0 Å². The van der Waals surface area contributed by atoms with Gasteiger partial charge in [-0.05, 0) is 36.8 Å². The lowest BCUT2D eigenvalue weighted by Gasteiger charge is -2.09. The highest BCUT2D eigenvalue weighted by Crippen LogP contribution is 2.23. The summed E-state index contributed by atoms with van der Waals surface area (Å²) in [5.41, 5.74) is 4.19. The smallest absolute Gasteiger partial charge is 0.240 e. The Morgan fingerprint density at radius 2 is 1.84 bits per heavy atom. The fourth-order valence-electron chi connectivity index (χ4n) is 2.01. The first-order valence-corrected chi connectivity index (χ1v) is 8.00. The van der Waals surface area contributed by atoms with E-state index in [4.69, 9.17) is 11.6 Å². The van der Waals surface area contributed by atoms with Gasteiger partial charge in [-0.1, -0.05) is 29.8 Å². The number of phenols is 1. The van der Waals surface area contributed by atoms with E-state index in [1.165, 1.54) is 12.3 Å². The first kappa shape index (κ1) is 18.5. The van der Waals surface area contributed by atoms with Crippen LogP contribution >= 0.6 is 11.6 Å². The number of nitrogens with one attached hydrogen (secondary N) is 2. The van der Waals surface area contributed by atoms with Gasteiger partial charge in [0.05, 0.1) is 6.21 Å². The molecule has 3 N–H and O–H groups in total. The molecule has 0 atom stereocenters. The van der Waals surface area contributed by atoms with Gasteiger partial charge in [-0.15, -0.1) is 0 Å². The molecule has 2 amide bonds. The van der Waals surface area contributed by atoms with Crippen LogP contribution in [0.25, 0.3) is 0 Å². The molecule has 130 valence electrons. The van der Waals surface area contributed by atoms with E-state index >= 15 is 0 Å². The van der Waals surface area contributed by atoms with Gasteiger partial charge in [0.2, 0.25) is 11.8 Å². The van der Waals surface area contributed by atoms with Gasteiger partial charge in [0.25, 0.3) is 0 Å². The van der Waals surface area contributed by atoms with Gasteiger partial charge in [0.15, 0.2) is 0 Å². The number of amides is 2. The highest BCUT2D eigenvalue weighted by Gasteiger charge is 2.09. The normalized spacial score (nSPS) is 10.6.